The first-order valence-electron chi connectivity index (χ1n) is 6.04. The molecule has 1 saturated carbocycles. The zero-order valence-corrected chi connectivity index (χ0v) is 10.5. The molecule has 0 atom stereocenters. The van der Waals surface area contributed by atoms with Gasteiger partial charge >= 0.3 is 0 Å². The van der Waals surface area contributed by atoms with Crippen LogP contribution in [0.1, 0.15) is 43.4 Å². The van der Waals surface area contributed by atoms with Crippen LogP contribution < -0.4 is 0 Å². The number of terminal acetylenes is 1. The summed E-state index contributed by atoms with van der Waals surface area (Å²) in [5.41, 5.74) is 4.26. The number of ether oxygens (including phenoxy) is 1. The largest absolute Gasteiger partial charge is 0.371 e. The second-order valence-electron chi connectivity index (χ2n) is 4.61. The van der Waals surface area contributed by atoms with Gasteiger partial charge in [0.15, 0.2) is 0 Å². The van der Waals surface area contributed by atoms with Crippen LogP contribution in [0.15, 0.2) is 24.8 Å². The summed E-state index contributed by atoms with van der Waals surface area (Å²) in [6.07, 6.45) is 7.63. The summed E-state index contributed by atoms with van der Waals surface area (Å²) in [5, 5.41) is 0. The predicted octanol–water partition coefficient (Wildman–Crippen LogP) is 3.73. The van der Waals surface area contributed by atoms with Crippen LogP contribution in [0.5, 0.6) is 0 Å². The van der Waals surface area contributed by atoms with Crippen molar-refractivity contribution in [2.24, 2.45) is 0 Å². The van der Waals surface area contributed by atoms with Gasteiger partial charge in [0.2, 0.25) is 0 Å². The average Bonchev–Trinajstić information content (AvgIpc) is 3.09. The molecule has 1 aliphatic carbocycles. The Hall–Kier alpha value is -1.52. The van der Waals surface area contributed by atoms with E-state index in [1.165, 1.54) is 5.56 Å². The van der Waals surface area contributed by atoms with Crippen molar-refractivity contribution in [2.45, 2.75) is 32.3 Å². The molecule has 0 unspecified atom stereocenters. The molecule has 1 aliphatic rings. The molecule has 17 heavy (non-hydrogen) atoms. The lowest BCUT2D eigenvalue weighted by molar-refractivity contribution is 0.0394. The second kappa shape index (κ2) is 4.39. The van der Waals surface area contributed by atoms with Crippen molar-refractivity contribution in [3.8, 4) is 12.3 Å². The molecule has 1 nitrogen and oxygen atoms in total. The van der Waals surface area contributed by atoms with Crippen LogP contribution in [-0.4, -0.2) is 6.61 Å². The third-order valence-corrected chi connectivity index (χ3v) is 3.26. The molecular formula is C16H18O. The molecule has 0 radical (unpaired) electrons. The highest BCUT2D eigenvalue weighted by atomic mass is 16.5. The van der Waals surface area contributed by atoms with Gasteiger partial charge in [-0.15, -0.1) is 6.42 Å². The van der Waals surface area contributed by atoms with Crippen molar-refractivity contribution in [1.29, 1.82) is 0 Å². The molecular weight excluding hydrogens is 208 g/mol. The first-order chi connectivity index (χ1) is 8.13. The second-order valence-corrected chi connectivity index (χ2v) is 4.61. The van der Waals surface area contributed by atoms with Crippen molar-refractivity contribution < 1.29 is 4.74 Å². The minimum atomic E-state index is -0.0733. The van der Waals surface area contributed by atoms with E-state index in [-0.39, 0.29) is 5.60 Å². The Labute approximate surface area is 103 Å². The first kappa shape index (κ1) is 12.0. The fourth-order valence-electron chi connectivity index (χ4n) is 2.27. The third-order valence-electron chi connectivity index (χ3n) is 3.26. The average molecular weight is 226 g/mol. The summed E-state index contributed by atoms with van der Waals surface area (Å²) in [5.74, 6) is 2.67. The number of benzene rings is 1. The Morgan fingerprint density at radius 3 is 2.71 bits per heavy atom. The molecule has 0 saturated heterocycles. The van der Waals surface area contributed by atoms with Gasteiger partial charge in [-0.25, -0.2) is 0 Å². The summed E-state index contributed by atoms with van der Waals surface area (Å²) in [7, 11) is 0. The van der Waals surface area contributed by atoms with Gasteiger partial charge in [0, 0.05) is 12.2 Å². The standard InChI is InChI=1S/C16H18O/c1-5-13-7-8-15(14(11-13)12(3)4)16(9-10-16)17-6-2/h1,7-8,11H,3,6,9-10H2,2,4H3. The molecule has 0 heterocycles. The molecule has 2 rings (SSSR count). The van der Waals surface area contributed by atoms with Crippen LogP contribution in [0.4, 0.5) is 0 Å². The molecule has 1 aromatic rings. The number of allylic oxidation sites excluding steroid dienone is 1. The first-order valence-corrected chi connectivity index (χ1v) is 6.04. The third kappa shape index (κ3) is 2.14. The number of hydrogen-bond donors (Lipinski definition) is 0. The smallest absolute Gasteiger partial charge is 0.0939 e. The van der Waals surface area contributed by atoms with E-state index in [4.69, 9.17) is 11.2 Å². The SMILES string of the molecule is C#Cc1ccc(C2(OCC)CC2)c(C(=C)C)c1. The van der Waals surface area contributed by atoms with Gasteiger partial charge < -0.3 is 4.74 Å². The summed E-state index contributed by atoms with van der Waals surface area (Å²) < 4.78 is 5.90. The van der Waals surface area contributed by atoms with Crippen LogP contribution in [-0.2, 0) is 10.3 Å². The van der Waals surface area contributed by atoms with Gasteiger partial charge in [-0.05, 0) is 49.9 Å². The minimum Gasteiger partial charge on any atom is -0.371 e. The monoisotopic (exact) mass is 226 g/mol. The summed E-state index contributed by atoms with van der Waals surface area (Å²) >= 11 is 0. The fraction of sp³-hybridized carbons (Fsp3) is 0.375. The van der Waals surface area contributed by atoms with Crippen LogP contribution in [0.25, 0.3) is 5.57 Å². The lowest BCUT2D eigenvalue weighted by Gasteiger charge is -2.20. The summed E-state index contributed by atoms with van der Waals surface area (Å²) in [4.78, 5) is 0. The van der Waals surface area contributed by atoms with E-state index in [2.05, 4.69) is 18.6 Å². The van der Waals surface area contributed by atoms with Crippen molar-refractivity contribution in [1.82, 2.24) is 0 Å². The fourth-order valence-corrected chi connectivity index (χ4v) is 2.27. The van der Waals surface area contributed by atoms with Gasteiger partial charge in [0.05, 0.1) is 5.60 Å². The maximum absolute atomic E-state index is 5.90. The van der Waals surface area contributed by atoms with E-state index < -0.39 is 0 Å². The normalized spacial score (nSPS) is 16.3. The van der Waals surface area contributed by atoms with E-state index in [0.717, 1.165) is 36.1 Å². The molecule has 0 bridgehead atoms. The molecule has 88 valence electrons. The summed E-state index contributed by atoms with van der Waals surface area (Å²) in [6, 6.07) is 6.12. The Kier molecular flexibility index (Phi) is 3.09. The van der Waals surface area contributed by atoms with Gasteiger partial charge in [-0.3, -0.25) is 0 Å². The molecule has 0 spiro atoms. The Morgan fingerprint density at radius 1 is 1.53 bits per heavy atom. The van der Waals surface area contributed by atoms with Crippen LogP contribution >= 0.6 is 0 Å². The van der Waals surface area contributed by atoms with Gasteiger partial charge in [0.1, 0.15) is 0 Å². The van der Waals surface area contributed by atoms with E-state index >= 15 is 0 Å². The zero-order valence-electron chi connectivity index (χ0n) is 10.5. The van der Waals surface area contributed by atoms with Gasteiger partial charge in [0.25, 0.3) is 0 Å². The molecule has 1 heteroatoms. The van der Waals surface area contributed by atoms with Gasteiger partial charge in [-0.2, -0.15) is 0 Å². The van der Waals surface area contributed by atoms with Gasteiger partial charge in [-0.1, -0.05) is 24.1 Å². The minimum absolute atomic E-state index is 0.0733. The Balaban J connectivity index is 2.48. The maximum Gasteiger partial charge on any atom is 0.0939 e. The zero-order chi connectivity index (χ0) is 12.5. The van der Waals surface area contributed by atoms with E-state index in [9.17, 15) is 0 Å². The molecule has 0 aliphatic heterocycles. The lowest BCUT2D eigenvalue weighted by atomic mass is 9.94. The van der Waals surface area contributed by atoms with E-state index in [1.807, 2.05) is 26.0 Å². The Bertz CT molecular complexity index is 487. The molecule has 0 N–H and O–H groups in total. The van der Waals surface area contributed by atoms with E-state index in [0.29, 0.717) is 0 Å². The number of rotatable bonds is 4. The van der Waals surface area contributed by atoms with Crippen molar-refractivity contribution >= 4 is 5.57 Å². The van der Waals surface area contributed by atoms with Crippen LogP contribution in [0.3, 0.4) is 0 Å². The highest BCUT2D eigenvalue weighted by Crippen LogP contribution is 2.51. The lowest BCUT2D eigenvalue weighted by Crippen LogP contribution is -2.14. The highest BCUT2D eigenvalue weighted by Gasteiger charge is 2.46. The summed E-state index contributed by atoms with van der Waals surface area (Å²) in [6.45, 7) is 8.83. The highest BCUT2D eigenvalue weighted by molar-refractivity contribution is 5.68. The van der Waals surface area contributed by atoms with Crippen molar-refractivity contribution in [2.75, 3.05) is 6.61 Å². The van der Waals surface area contributed by atoms with Crippen LogP contribution in [0, 0.1) is 12.3 Å². The molecule has 0 amide bonds. The van der Waals surface area contributed by atoms with E-state index in [1.54, 1.807) is 0 Å². The van der Waals surface area contributed by atoms with Crippen molar-refractivity contribution in [3.63, 3.8) is 0 Å². The topological polar surface area (TPSA) is 9.23 Å². The van der Waals surface area contributed by atoms with Crippen LogP contribution in [0.2, 0.25) is 0 Å². The molecule has 1 aromatic carbocycles. The number of hydrogen-bond acceptors (Lipinski definition) is 1. The predicted molar refractivity (Wildman–Crippen MR) is 71.6 cm³/mol. The quantitative estimate of drug-likeness (QED) is 0.711. The van der Waals surface area contributed by atoms with Crippen molar-refractivity contribution in [3.05, 3.63) is 41.5 Å². The molecule has 0 aromatic heterocycles. The molecule has 1 fully saturated rings. The Morgan fingerprint density at radius 2 is 2.24 bits per heavy atom. The maximum atomic E-state index is 5.90.